The second kappa shape index (κ2) is 10.9. The number of carboxylic acid groups (broad SMARTS) is 1. The van der Waals surface area contributed by atoms with Crippen LogP contribution in [0.15, 0.2) is 43.0 Å². The molecule has 0 bridgehead atoms. The van der Waals surface area contributed by atoms with Crippen LogP contribution in [-0.4, -0.2) is 62.2 Å². The fourth-order valence-corrected chi connectivity index (χ4v) is 4.28. The molecular formula is C24H29N5O4. The van der Waals surface area contributed by atoms with Crippen molar-refractivity contribution in [3.63, 3.8) is 0 Å². The van der Waals surface area contributed by atoms with Crippen LogP contribution in [0.4, 0.5) is 0 Å². The van der Waals surface area contributed by atoms with Gasteiger partial charge >= 0.3 is 5.97 Å². The standard InChI is InChI=1S/C24H29N5O4/c1-2-32-21-13-18(5-6-20(21)33-16-22(30)31)15-29-11-3-4-17(14-29)12-19-23(26-8-7-25-19)24-27-9-10-28-24/h5-10,13,17H,2-4,11-12,14-16H2,1H3,(H,27,28)(H,30,31)/t17-/m1/s1. The number of piperidine rings is 1. The largest absolute Gasteiger partial charge is 0.490 e. The highest BCUT2D eigenvalue weighted by molar-refractivity contribution is 5.68. The first-order chi connectivity index (χ1) is 16.1. The quantitative estimate of drug-likeness (QED) is 0.483. The van der Waals surface area contributed by atoms with Crippen molar-refractivity contribution in [3.8, 4) is 23.0 Å². The lowest BCUT2D eigenvalue weighted by atomic mass is 9.92. The Morgan fingerprint density at radius 1 is 1.18 bits per heavy atom. The first-order valence-corrected chi connectivity index (χ1v) is 11.2. The minimum atomic E-state index is -1.01. The molecule has 0 saturated carbocycles. The van der Waals surface area contributed by atoms with Crippen LogP contribution in [-0.2, 0) is 17.8 Å². The van der Waals surface area contributed by atoms with Crippen LogP contribution in [0.25, 0.3) is 11.5 Å². The summed E-state index contributed by atoms with van der Waals surface area (Å²) >= 11 is 0. The summed E-state index contributed by atoms with van der Waals surface area (Å²) in [4.78, 5) is 29.8. The highest BCUT2D eigenvalue weighted by Gasteiger charge is 2.23. The van der Waals surface area contributed by atoms with Crippen molar-refractivity contribution in [1.82, 2.24) is 24.8 Å². The number of aromatic nitrogens is 4. The zero-order chi connectivity index (χ0) is 23.0. The lowest BCUT2D eigenvalue weighted by Gasteiger charge is -2.33. The van der Waals surface area contributed by atoms with Gasteiger partial charge in [-0.1, -0.05) is 6.07 Å². The van der Waals surface area contributed by atoms with E-state index in [4.69, 9.17) is 14.6 Å². The number of rotatable bonds is 10. The molecule has 3 heterocycles. The maximum Gasteiger partial charge on any atom is 0.341 e. The fraction of sp³-hybridized carbons (Fsp3) is 0.417. The van der Waals surface area contributed by atoms with Gasteiger partial charge in [-0.05, 0) is 56.3 Å². The molecule has 174 valence electrons. The van der Waals surface area contributed by atoms with Crippen LogP contribution in [0.2, 0.25) is 0 Å². The number of carboxylic acids is 1. The van der Waals surface area contributed by atoms with E-state index in [1.54, 1.807) is 30.9 Å². The Bertz CT molecular complexity index is 1060. The Morgan fingerprint density at radius 3 is 2.85 bits per heavy atom. The van der Waals surface area contributed by atoms with Gasteiger partial charge in [0.1, 0.15) is 5.69 Å². The fourth-order valence-electron chi connectivity index (χ4n) is 4.28. The second-order valence-electron chi connectivity index (χ2n) is 8.13. The van der Waals surface area contributed by atoms with Gasteiger partial charge in [-0.2, -0.15) is 0 Å². The van der Waals surface area contributed by atoms with Crippen LogP contribution in [0, 0.1) is 5.92 Å². The van der Waals surface area contributed by atoms with Gasteiger partial charge in [-0.3, -0.25) is 9.88 Å². The van der Waals surface area contributed by atoms with Gasteiger partial charge in [-0.25, -0.2) is 14.8 Å². The lowest BCUT2D eigenvalue weighted by molar-refractivity contribution is -0.139. The molecule has 1 aromatic carbocycles. The molecule has 1 aliphatic rings. The van der Waals surface area contributed by atoms with E-state index in [1.165, 1.54) is 0 Å². The number of benzene rings is 1. The molecule has 33 heavy (non-hydrogen) atoms. The number of imidazole rings is 1. The number of aromatic amines is 1. The summed E-state index contributed by atoms with van der Waals surface area (Å²) in [7, 11) is 0. The van der Waals surface area contributed by atoms with E-state index in [1.807, 2.05) is 19.1 Å². The third-order valence-electron chi connectivity index (χ3n) is 5.65. The third-order valence-corrected chi connectivity index (χ3v) is 5.65. The van der Waals surface area contributed by atoms with Crippen molar-refractivity contribution in [2.75, 3.05) is 26.3 Å². The van der Waals surface area contributed by atoms with Crippen molar-refractivity contribution >= 4 is 5.97 Å². The van der Waals surface area contributed by atoms with E-state index in [-0.39, 0.29) is 0 Å². The second-order valence-corrected chi connectivity index (χ2v) is 8.13. The van der Waals surface area contributed by atoms with E-state index in [0.29, 0.717) is 24.0 Å². The average molecular weight is 452 g/mol. The normalized spacial score (nSPS) is 16.5. The molecule has 1 atom stereocenters. The van der Waals surface area contributed by atoms with E-state index in [0.717, 1.165) is 61.7 Å². The topological polar surface area (TPSA) is 113 Å². The summed E-state index contributed by atoms with van der Waals surface area (Å²) in [6.07, 6.45) is 10.1. The van der Waals surface area contributed by atoms with Crippen molar-refractivity contribution in [3.05, 3.63) is 54.2 Å². The van der Waals surface area contributed by atoms with Crippen LogP contribution in [0.3, 0.4) is 0 Å². The third kappa shape index (κ3) is 6.07. The Hall–Kier alpha value is -3.46. The van der Waals surface area contributed by atoms with E-state index < -0.39 is 12.6 Å². The molecule has 0 amide bonds. The zero-order valence-electron chi connectivity index (χ0n) is 18.7. The smallest absolute Gasteiger partial charge is 0.341 e. The number of likely N-dealkylation sites (tertiary alicyclic amines) is 1. The van der Waals surface area contributed by atoms with Crippen LogP contribution < -0.4 is 9.47 Å². The van der Waals surface area contributed by atoms with E-state index >= 15 is 0 Å². The predicted octanol–water partition coefficient (Wildman–Crippen LogP) is 3.18. The van der Waals surface area contributed by atoms with E-state index in [9.17, 15) is 4.79 Å². The Balaban J connectivity index is 1.41. The molecule has 3 aromatic rings. The molecule has 9 heteroatoms. The van der Waals surface area contributed by atoms with Crippen LogP contribution >= 0.6 is 0 Å². The van der Waals surface area contributed by atoms with Crippen LogP contribution in [0.5, 0.6) is 11.5 Å². The molecule has 0 aliphatic carbocycles. The van der Waals surface area contributed by atoms with Gasteiger partial charge in [-0.15, -0.1) is 0 Å². The molecule has 9 nitrogen and oxygen atoms in total. The lowest BCUT2D eigenvalue weighted by Crippen LogP contribution is -2.36. The first-order valence-electron chi connectivity index (χ1n) is 11.2. The number of hydrogen-bond donors (Lipinski definition) is 2. The summed E-state index contributed by atoms with van der Waals surface area (Å²) in [5.41, 5.74) is 2.90. The minimum Gasteiger partial charge on any atom is -0.490 e. The number of nitrogens with zero attached hydrogens (tertiary/aromatic N) is 4. The van der Waals surface area contributed by atoms with Crippen LogP contribution in [0.1, 0.15) is 31.0 Å². The summed E-state index contributed by atoms with van der Waals surface area (Å²) < 4.78 is 11.0. The number of nitrogens with one attached hydrogen (secondary N) is 1. The summed E-state index contributed by atoms with van der Waals surface area (Å²) in [5, 5.41) is 8.88. The summed E-state index contributed by atoms with van der Waals surface area (Å²) in [6.45, 7) is 4.77. The Morgan fingerprint density at radius 2 is 2.06 bits per heavy atom. The number of H-pyrrole nitrogens is 1. The van der Waals surface area contributed by atoms with Gasteiger partial charge < -0.3 is 19.6 Å². The first kappa shape index (κ1) is 22.7. The highest BCUT2D eigenvalue weighted by Crippen LogP contribution is 2.30. The van der Waals surface area contributed by atoms with Gasteiger partial charge in [0.25, 0.3) is 0 Å². The number of carbonyl (C=O) groups is 1. The maximum atomic E-state index is 10.8. The van der Waals surface area contributed by atoms with Crippen molar-refractivity contribution < 1.29 is 19.4 Å². The van der Waals surface area contributed by atoms with Gasteiger partial charge in [0.2, 0.25) is 0 Å². The number of aliphatic carboxylic acids is 1. The number of ether oxygens (including phenoxy) is 2. The molecule has 0 radical (unpaired) electrons. The molecule has 0 unspecified atom stereocenters. The molecule has 1 fully saturated rings. The minimum absolute atomic E-state index is 0.393. The van der Waals surface area contributed by atoms with Gasteiger partial charge in [0.05, 0.1) is 12.3 Å². The van der Waals surface area contributed by atoms with Crippen molar-refractivity contribution in [2.45, 2.75) is 32.7 Å². The SMILES string of the molecule is CCOc1cc(CN2CCC[C@H](Cc3nccnc3-c3ncc[nH]3)C2)ccc1OCC(=O)O. The Labute approximate surface area is 192 Å². The Kier molecular flexibility index (Phi) is 7.51. The maximum absolute atomic E-state index is 10.8. The average Bonchev–Trinajstić information content (AvgIpc) is 3.34. The predicted molar refractivity (Wildman–Crippen MR) is 122 cm³/mol. The summed E-state index contributed by atoms with van der Waals surface area (Å²) in [6, 6.07) is 5.71. The zero-order valence-corrected chi connectivity index (χ0v) is 18.7. The molecule has 1 saturated heterocycles. The van der Waals surface area contributed by atoms with Crippen molar-refractivity contribution in [1.29, 1.82) is 0 Å². The van der Waals surface area contributed by atoms with Crippen molar-refractivity contribution in [2.24, 2.45) is 5.92 Å². The molecule has 2 N–H and O–H groups in total. The monoisotopic (exact) mass is 451 g/mol. The van der Waals surface area contributed by atoms with Gasteiger partial charge in [0, 0.05) is 37.9 Å². The van der Waals surface area contributed by atoms with Gasteiger partial charge in [0.15, 0.2) is 23.9 Å². The molecular weight excluding hydrogens is 422 g/mol. The highest BCUT2D eigenvalue weighted by atomic mass is 16.5. The molecule has 4 rings (SSSR count). The summed E-state index contributed by atoms with van der Waals surface area (Å²) in [5.74, 6) is 1.24. The molecule has 2 aromatic heterocycles. The molecule has 0 spiro atoms. The van der Waals surface area contributed by atoms with E-state index in [2.05, 4.69) is 24.8 Å². The molecule has 1 aliphatic heterocycles. The number of hydrogen-bond acceptors (Lipinski definition) is 7.